The molecule has 0 aliphatic carbocycles. The Morgan fingerprint density at radius 2 is 1.38 bits per heavy atom. The zero-order valence-corrected chi connectivity index (χ0v) is 17.3. The minimum atomic E-state index is -1.15. The smallest absolute Gasteiger partial charge is 0.315 e. The Kier molecular flexibility index (Phi) is 10.2. The van der Waals surface area contributed by atoms with Crippen LogP contribution in [0.5, 0.6) is 5.75 Å². The number of allylic oxidation sites excluding steroid dienone is 2. The van der Waals surface area contributed by atoms with Gasteiger partial charge in [-0.25, -0.2) is 0 Å². The number of benzene rings is 1. The third-order valence-corrected chi connectivity index (χ3v) is 4.53. The van der Waals surface area contributed by atoms with Gasteiger partial charge in [-0.05, 0) is 30.5 Å². The van der Waals surface area contributed by atoms with Crippen LogP contribution in [0.4, 0.5) is 0 Å². The van der Waals surface area contributed by atoms with E-state index < -0.39 is 23.3 Å². The normalized spacial score (nSPS) is 11.4. The van der Waals surface area contributed by atoms with Crippen molar-refractivity contribution in [1.29, 1.82) is 0 Å². The van der Waals surface area contributed by atoms with Gasteiger partial charge in [0, 0.05) is 12.8 Å². The second-order valence-electron chi connectivity index (χ2n) is 6.29. The van der Waals surface area contributed by atoms with Crippen molar-refractivity contribution in [2.45, 2.75) is 25.7 Å². The minimum Gasteiger partial charge on any atom is -0.497 e. The van der Waals surface area contributed by atoms with Crippen LogP contribution in [0.25, 0.3) is 6.08 Å². The molecule has 158 valence electrons. The van der Waals surface area contributed by atoms with Crippen LogP contribution in [0.15, 0.2) is 42.5 Å². The molecule has 0 spiro atoms. The molecule has 0 saturated carbocycles. The van der Waals surface area contributed by atoms with E-state index in [0.717, 1.165) is 11.3 Å². The van der Waals surface area contributed by atoms with Crippen molar-refractivity contribution in [3.63, 3.8) is 0 Å². The van der Waals surface area contributed by atoms with Gasteiger partial charge in [0.25, 0.3) is 0 Å². The molecule has 0 N–H and O–H groups in total. The van der Waals surface area contributed by atoms with E-state index in [0.29, 0.717) is 0 Å². The van der Waals surface area contributed by atoms with Crippen molar-refractivity contribution in [1.82, 2.24) is 0 Å². The van der Waals surface area contributed by atoms with Gasteiger partial charge >= 0.3 is 17.9 Å². The first-order chi connectivity index (χ1) is 13.9. The van der Waals surface area contributed by atoms with Crippen LogP contribution >= 0.6 is 0 Å². The molecular formula is C22H28O7. The van der Waals surface area contributed by atoms with Crippen LogP contribution in [0, 0.1) is 5.41 Å². The standard InChI is InChI=1S/C22H28O7/c1-26-18-10-8-17(9-11-18)7-5-6-14-22(21(25)29-4,15-12-19(23)27-2)16-13-20(24)28-3/h5-11,14H,12-13,15-16H2,1-4H3/b7-5+,14-6+. The number of methoxy groups -OCH3 is 4. The molecule has 1 aromatic carbocycles. The van der Waals surface area contributed by atoms with Crippen molar-refractivity contribution in [3.05, 3.63) is 48.1 Å². The fraction of sp³-hybridized carbons (Fsp3) is 0.409. The highest BCUT2D eigenvalue weighted by Crippen LogP contribution is 2.34. The lowest BCUT2D eigenvalue weighted by Gasteiger charge is -2.27. The Morgan fingerprint density at radius 3 is 1.83 bits per heavy atom. The van der Waals surface area contributed by atoms with Crippen LogP contribution in [-0.2, 0) is 28.6 Å². The summed E-state index contributed by atoms with van der Waals surface area (Å²) >= 11 is 0. The Bertz CT molecular complexity index is 712. The van der Waals surface area contributed by atoms with Crippen LogP contribution in [0.2, 0.25) is 0 Å². The molecule has 7 nitrogen and oxygen atoms in total. The third kappa shape index (κ3) is 7.81. The maximum Gasteiger partial charge on any atom is 0.315 e. The summed E-state index contributed by atoms with van der Waals surface area (Å²) < 4.78 is 19.4. The van der Waals surface area contributed by atoms with Gasteiger partial charge in [-0.1, -0.05) is 36.4 Å². The first-order valence-electron chi connectivity index (χ1n) is 9.12. The van der Waals surface area contributed by atoms with Gasteiger partial charge < -0.3 is 18.9 Å². The molecule has 1 rings (SSSR count). The fourth-order valence-electron chi connectivity index (χ4n) is 2.74. The average molecular weight is 404 g/mol. The number of esters is 3. The third-order valence-electron chi connectivity index (χ3n) is 4.53. The molecule has 0 heterocycles. The minimum absolute atomic E-state index is 0.0132. The van der Waals surface area contributed by atoms with E-state index in [1.54, 1.807) is 25.3 Å². The SMILES string of the molecule is COC(=O)CCC(/C=C/C=C/c1ccc(OC)cc1)(CCC(=O)OC)C(=O)OC. The lowest BCUT2D eigenvalue weighted by Crippen LogP contribution is -2.32. The average Bonchev–Trinajstić information content (AvgIpc) is 2.77. The molecular weight excluding hydrogens is 376 g/mol. The summed E-state index contributed by atoms with van der Waals surface area (Å²) in [5.41, 5.74) is -0.204. The number of ether oxygens (including phenoxy) is 4. The molecule has 0 aromatic heterocycles. The molecule has 0 fully saturated rings. The number of carbonyl (C=O) groups is 3. The fourth-order valence-corrected chi connectivity index (χ4v) is 2.74. The summed E-state index contributed by atoms with van der Waals surface area (Å²) in [5, 5.41) is 0. The van der Waals surface area contributed by atoms with Crippen molar-refractivity contribution in [2.24, 2.45) is 5.41 Å². The summed E-state index contributed by atoms with van der Waals surface area (Å²) in [4.78, 5) is 35.8. The molecule has 0 amide bonds. The van der Waals surface area contributed by atoms with Crippen LogP contribution < -0.4 is 4.74 Å². The van der Waals surface area contributed by atoms with Crippen molar-refractivity contribution < 1.29 is 33.3 Å². The lowest BCUT2D eigenvalue weighted by molar-refractivity contribution is -0.152. The van der Waals surface area contributed by atoms with Crippen molar-refractivity contribution >= 4 is 24.0 Å². The molecule has 7 heteroatoms. The molecule has 0 saturated heterocycles. The Labute approximate surface area is 171 Å². The molecule has 29 heavy (non-hydrogen) atoms. The Balaban J connectivity index is 3.05. The van der Waals surface area contributed by atoms with E-state index >= 15 is 0 Å². The number of carbonyl (C=O) groups excluding carboxylic acids is 3. The first-order valence-corrected chi connectivity index (χ1v) is 9.12. The molecule has 0 radical (unpaired) electrons. The van der Waals surface area contributed by atoms with E-state index in [1.165, 1.54) is 21.3 Å². The predicted octanol–water partition coefficient (Wildman–Crippen LogP) is 3.33. The molecule has 0 unspecified atom stereocenters. The summed E-state index contributed by atoms with van der Waals surface area (Å²) in [6.07, 6.45) is 7.32. The van der Waals surface area contributed by atoms with Gasteiger partial charge in [-0.3, -0.25) is 14.4 Å². The summed E-state index contributed by atoms with van der Waals surface area (Å²) in [7, 11) is 5.44. The van der Waals surface area contributed by atoms with Crippen molar-refractivity contribution in [2.75, 3.05) is 28.4 Å². The summed E-state index contributed by atoms with van der Waals surface area (Å²) in [6, 6.07) is 7.47. The van der Waals surface area contributed by atoms with Gasteiger partial charge in [0.2, 0.25) is 0 Å². The molecule has 0 aliphatic rings. The highest BCUT2D eigenvalue weighted by Gasteiger charge is 2.37. The molecule has 0 aliphatic heterocycles. The Morgan fingerprint density at radius 1 is 0.828 bits per heavy atom. The summed E-state index contributed by atoms with van der Waals surface area (Å²) in [5.74, 6) is -0.663. The maximum atomic E-state index is 12.6. The van der Waals surface area contributed by atoms with E-state index in [4.69, 9.17) is 9.47 Å². The molecule has 0 bridgehead atoms. The van der Waals surface area contributed by atoms with Crippen LogP contribution in [0.3, 0.4) is 0 Å². The predicted molar refractivity (Wildman–Crippen MR) is 108 cm³/mol. The topological polar surface area (TPSA) is 88.1 Å². The second-order valence-corrected chi connectivity index (χ2v) is 6.29. The number of hydrogen-bond acceptors (Lipinski definition) is 7. The van der Waals surface area contributed by atoms with Gasteiger partial charge in [0.05, 0.1) is 33.9 Å². The second kappa shape index (κ2) is 12.4. The largest absolute Gasteiger partial charge is 0.497 e. The lowest BCUT2D eigenvalue weighted by atomic mass is 9.78. The van der Waals surface area contributed by atoms with Gasteiger partial charge in [0.1, 0.15) is 5.75 Å². The van der Waals surface area contributed by atoms with E-state index in [9.17, 15) is 14.4 Å². The molecule has 0 atom stereocenters. The first kappa shape index (κ1) is 23.9. The van der Waals surface area contributed by atoms with E-state index in [-0.39, 0.29) is 25.7 Å². The zero-order chi connectivity index (χ0) is 21.7. The van der Waals surface area contributed by atoms with Crippen LogP contribution in [0.1, 0.15) is 31.2 Å². The van der Waals surface area contributed by atoms with Crippen molar-refractivity contribution in [3.8, 4) is 5.75 Å². The van der Waals surface area contributed by atoms with E-state index in [2.05, 4.69) is 9.47 Å². The number of hydrogen-bond donors (Lipinski definition) is 0. The zero-order valence-electron chi connectivity index (χ0n) is 17.3. The molecule has 1 aromatic rings. The highest BCUT2D eigenvalue weighted by atomic mass is 16.5. The maximum absolute atomic E-state index is 12.6. The van der Waals surface area contributed by atoms with E-state index in [1.807, 2.05) is 30.3 Å². The quantitative estimate of drug-likeness (QED) is 0.317. The number of rotatable bonds is 11. The van der Waals surface area contributed by atoms with Crippen LogP contribution in [-0.4, -0.2) is 46.3 Å². The Hall–Kier alpha value is -3.09. The summed E-state index contributed by atoms with van der Waals surface area (Å²) in [6.45, 7) is 0. The van der Waals surface area contributed by atoms with Gasteiger partial charge in [-0.15, -0.1) is 0 Å². The monoisotopic (exact) mass is 404 g/mol. The highest BCUT2D eigenvalue weighted by molar-refractivity contribution is 5.81. The van der Waals surface area contributed by atoms with Gasteiger partial charge in [-0.2, -0.15) is 0 Å². The van der Waals surface area contributed by atoms with Gasteiger partial charge in [0.15, 0.2) is 0 Å².